The third kappa shape index (κ3) is 1.67. The molecule has 16 heavy (non-hydrogen) atoms. The van der Waals surface area contributed by atoms with Crippen molar-refractivity contribution in [1.82, 2.24) is 5.16 Å². The molecule has 2 N–H and O–H groups in total. The van der Waals surface area contributed by atoms with Gasteiger partial charge in [0, 0.05) is 17.2 Å². The lowest BCUT2D eigenvalue weighted by molar-refractivity contribution is 0.112. The number of anilines is 1. The fourth-order valence-corrected chi connectivity index (χ4v) is 1.43. The molecular formula is C11H9FN2O2. The van der Waals surface area contributed by atoms with E-state index in [-0.39, 0.29) is 11.6 Å². The second-order valence-electron chi connectivity index (χ2n) is 3.42. The number of carbonyl (C=O) groups excluding carboxylic acids is 1. The number of aldehydes is 1. The van der Waals surface area contributed by atoms with Gasteiger partial charge >= 0.3 is 0 Å². The van der Waals surface area contributed by atoms with Gasteiger partial charge in [-0.2, -0.15) is 0 Å². The predicted molar refractivity (Wildman–Crippen MR) is 56.4 cm³/mol. The number of aryl methyl sites for hydroxylation is 1. The molecule has 0 saturated carbocycles. The molecule has 0 aliphatic carbocycles. The Morgan fingerprint density at radius 1 is 1.44 bits per heavy atom. The van der Waals surface area contributed by atoms with E-state index in [0.717, 1.165) is 0 Å². The van der Waals surface area contributed by atoms with Gasteiger partial charge in [-0.05, 0) is 24.6 Å². The summed E-state index contributed by atoms with van der Waals surface area (Å²) in [6.07, 6.45) is 0.639. The molecule has 1 aromatic heterocycles. The number of aromatic nitrogens is 1. The molecule has 0 saturated heterocycles. The van der Waals surface area contributed by atoms with Crippen LogP contribution < -0.4 is 5.73 Å². The van der Waals surface area contributed by atoms with Gasteiger partial charge in [0.05, 0.1) is 0 Å². The van der Waals surface area contributed by atoms with Crippen molar-refractivity contribution in [2.24, 2.45) is 0 Å². The molecule has 82 valence electrons. The van der Waals surface area contributed by atoms with Crippen molar-refractivity contribution in [3.05, 3.63) is 35.1 Å². The highest BCUT2D eigenvalue weighted by Crippen LogP contribution is 2.26. The molecule has 2 aromatic rings. The first-order valence-electron chi connectivity index (χ1n) is 4.59. The number of rotatable bonds is 2. The Morgan fingerprint density at radius 3 is 2.75 bits per heavy atom. The smallest absolute Gasteiger partial charge is 0.169 e. The minimum Gasteiger partial charge on any atom is -0.381 e. The number of nitrogens with two attached hydrogens (primary N) is 1. The molecular weight excluding hydrogens is 211 g/mol. The van der Waals surface area contributed by atoms with E-state index in [1.807, 2.05) is 0 Å². The maximum atomic E-state index is 13.4. The summed E-state index contributed by atoms with van der Waals surface area (Å²) in [4.78, 5) is 10.9. The molecule has 1 heterocycles. The maximum absolute atomic E-state index is 13.4. The highest BCUT2D eigenvalue weighted by molar-refractivity contribution is 5.86. The highest BCUT2D eigenvalue weighted by Gasteiger charge is 2.12. The lowest BCUT2D eigenvalue weighted by Gasteiger charge is -2.03. The van der Waals surface area contributed by atoms with Gasteiger partial charge in [-0.25, -0.2) is 4.39 Å². The fourth-order valence-electron chi connectivity index (χ4n) is 1.43. The molecule has 0 radical (unpaired) electrons. The molecule has 0 amide bonds. The summed E-state index contributed by atoms with van der Waals surface area (Å²) in [5.74, 6) is 0.0573. The zero-order chi connectivity index (χ0) is 11.7. The molecule has 0 bridgehead atoms. The number of hydrogen-bond donors (Lipinski definition) is 1. The van der Waals surface area contributed by atoms with Crippen LogP contribution in [0, 0.1) is 12.7 Å². The first-order valence-corrected chi connectivity index (χ1v) is 4.59. The van der Waals surface area contributed by atoms with E-state index in [0.29, 0.717) is 23.0 Å². The topological polar surface area (TPSA) is 69.1 Å². The molecule has 2 rings (SSSR count). The highest BCUT2D eigenvalue weighted by atomic mass is 19.1. The van der Waals surface area contributed by atoms with E-state index in [2.05, 4.69) is 5.16 Å². The third-order valence-electron chi connectivity index (χ3n) is 2.25. The molecule has 0 fully saturated rings. The van der Waals surface area contributed by atoms with Gasteiger partial charge in [-0.1, -0.05) is 5.16 Å². The van der Waals surface area contributed by atoms with Crippen molar-refractivity contribution in [2.75, 3.05) is 5.73 Å². The normalized spacial score (nSPS) is 10.4. The second-order valence-corrected chi connectivity index (χ2v) is 3.42. The Morgan fingerprint density at radius 2 is 2.19 bits per heavy atom. The zero-order valence-corrected chi connectivity index (χ0v) is 8.53. The summed E-state index contributed by atoms with van der Waals surface area (Å²) >= 11 is 0. The van der Waals surface area contributed by atoms with Gasteiger partial charge in [0.1, 0.15) is 5.82 Å². The van der Waals surface area contributed by atoms with Crippen molar-refractivity contribution >= 4 is 12.1 Å². The molecule has 5 heteroatoms. The average molecular weight is 220 g/mol. The monoisotopic (exact) mass is 220 g/mol. The van der Waals surface area contributed by atoms with E-state index in [1.165, 1.54) is 18.2 Å². The third-order valence-corrected chi connectivity index (χ3v) is 2.25. The predicted octanol–water partition coefficient (Wildman–Crippen LogP) is 2.18. The quantitative estimate of drug-likeness (QED) is 0.787. The summed E-state index contributed by atoms with van der Waals surface area (Å²) in [5.41, 5.74) is 6.48. The Hall–Kier alpha value is -2.17. The molecule has 1 aromatic carbocycles. The average Bonchev–Trinajstić information content (AvgIpc) is 2.68. The van der Waals surface area contributed by atoms with Crippen LogP contribution in [-0.2, 0) is 0 Å². The number of halogens is 1. The first-order chi connectivity index (χ1) is 7.61. The van der Waals surface area contributed by atoms with Crippen LogP contribution in [0.1, 0.15) is 15.9 Å². The molecule has 0 aliphatic rings. The number of benzene rings is 1. The van der Waals surface area contributed by atoms with Crippen molar-refractivity contribution in [3.63, 3.8) is 0 Å². The van der Waals surface area contributed by atoms with E-state index in [1.54, 1.807) is 6.92 Å². The van der Waals surface area contributed by atoms with Crippen LogP contribution in [0.25, 0.3) is 11.3 Å². The minimum atomic E-state index is -0.407. The van der Waals surface area contributed by atoms with Crippen molar-refractivity contribution in [1.29, 1.82) is 0 Å². The van der Waals surface area contributed by atoms with E-state index < -0.39 is 5.82 Å². The second kappa shape index (κ2) is 3.77. The van der Waals surface area contributed by atoms with E-state index in [4.69, 9.17) is 10.3 Å². The standard InChI is InChI=1S/C11H9FN2O2/c1-6-2-7(5-15)8(3-9(6)12)10-4-11(13)14-16-10/h2-5H,1H3,(H2,13,14). The zero-order valence-electron chi connectivity index (χ0n) is 8.53. The number of carbonyl (C=O) groups is 1. The molecule has 0 spiro atoms. The van der Waals surface area contributed by atoms with Gasteiger partial charge < -0.3 is 10.3 Å². The van der Waals surface area contributed by atoms with Crippen molar-refractivity contribution in [3.8, 4) is 11.3 Å². The number of nitrogen functional groups attached to an aromatic ring is 1. The maximum Gasteiger partial charge on any atom is 0.169 e. The van der Waals surface area contributed by atoms with Gasteiger partial charge in [0.15, 0.2) is 17.9 Å². The van der Waals surface area contributed by atoms with Crippen LogP contribution in [0.2, 0.25) is 0 Å². The molecule has 0 atom stereocenters. The van der Waals surface area contributed by atoms with Crippen molar-refractivity contribution < 1.29 is 13.7 Å². The Labute approximate surface area is 90.9 Å². The van der Waals surface area contributed by atoms with Crippen LogP contribution in [0.5, 0.6) is 0 Å². The summed E-state index contributed by atoms with van der Waals surface area (Å²) in [5, 5.41) is 3.48. The summed E-state index contributed by atoms with van der Waals surface area (Å²) in [6, 6.07) is 4.13. The number of nitrogens with zero attached hydrogens (tertiary/aromatic N) is 1. The number of hydrogen-bond acceptors (Lipinski definition) is 4. The Balaban J connectivity index is 2.63. The van der Waals surface area contributed by atoms with Crippen LogP contribution >= 0.6 is 0 Å². The van der Waals surface area contributed by atoms with Crippen LogP contribution in [0.4, 0.5) is 10.2 Å². The molecule has 4 nitrogen and oxygen atoms in total. The molecule has 0 aliphatic heterocycles. The van der Waals surface area contributed by atoms with Crippen molar-refractivity contribution in [2.45, 2.75) is 6.92 Å². The lowest BCUT2D eigenvalue weighted by Crippen LogP contribution is -1.91. The largest absolute Gasteiger partial charge is 0.381 e. The van der Waals surface area contributed by atoms with Crippen LogP contribution in [-0.4, -0.2) is 11.4 Å². The van der Waals surface area contributed by atoms with E-state index in [9.17, 15) is 9.18 Å². The van der Waals surface area contributed by atoms with E-state index >= 15 is 0 Å². The minimum absolute atomic E-state index is 0.188. The van der Waals surface area contributed by atoms with Crippen LogP contribution in [0.15, 0.2) is 22.7 Å². The lowest BCUT2D eigenvalue weighted by atomic mass is 10.0. The molecule has 0 unspecified atom stereocenters. The SMILES string of the molecule is Cc1cc(C=O)c(-c2cc(N)no2)cc1F. The van der Waals surface area contributed by atoms with Gasteiger partial charge in [-0.15, -0.1) is 0 Å². The van der Waals surface area contributed by atoms with Gasteiger partial charge in [0.2, 0.25) is 0 Å². The Bertz CT molecular complexity index is 549. The Kier molecular flexibility index (Phi) is 2.44. The summed E-state index contributed by atoms with van der Waals surface area (Å²) in [7, 11) is 0. The van der Waals surface area contributed by atoms with Gasteiger partial charge in [-0.3, -0.25) is 4.79 Å². The summed E-state index contributed by atoms with van der Waals surface area (Å²) in [6.45, 7) is 1.58. The summed E-state index contributed by atoms with van der Waals surface area (Å²) < 4.78 is 18.3. The van der Waals surface area contributed by atoms with Crippen LogP contribution in [0.3, 0.4) is 0 Å². The first kappa shape index (κ1) is 10.4. The fraction of sp³-hybridized carbons (Fsp3) is 0.0909. The van der Waals surface area contributed by atoms with Gasteiger partial charge in [0.25, 0.3) is 0 Å².